The summed E-state index contributed by atoms with van der Waals surface area (Å²) in [4.78, 5) is 29.0. The first-order valence-electron chi connectivity index (χ1n) is 8.87. The van der Waals surface area contributed by atoms with E-state index in [9.17, 15) is 9.59 Å². The summed E-state index contributed by atoms with van der Waals surface area (Å²) in [5.74, 6) is 0.548. The molecule has 0 aromatic heterocycles. The maximum absolute atomic E-state index is 13.0. The van der Waals surface area contributed by atoms with Crippen LogP contribution in [0.4, 0.5) is 11.4 Å². The third-order valence-corrected chi connectivity index (χ3v) is 7.06. The molecule has 0 unspecified atom stereocenters. The van der Waals surface area contributed by atoms with E-state index in [1.165, 1.54) is 0 Å². The molecular formula is C18H22ClN3O3S. The molecule has 26 heavy (non-hydrogen) atoms. The smallest absolute Gasteiger partial charge is 0.248 e. The predicted octanol–water partition coefficient (Wildman–Crippen LogP) is 2.57. The topological polar surface area (TPSA) is 61.9 Å². The minimum atomic E-state index is -0.434. The van der Waals surface area contributed by atoms with Crippen LogP contribution in [0, 0.1) is 0 Å². The van der Waals surface area contributed by atoms with Crippen LogP contribution in [0.15, 0.2) is 18.2 Å². The monoisotopic (exact) mass is 395 g/mol. The van der Waals surface area contributed by atoms with Crippen LogP contribution in [-0.2, 0) is 14.3 Å². The Hall–Kier alpha value is -1.44. The molecule has 0 bridgehead atoms. The molecule has 6 nitrogen and oxygen atoms in total. The molecular weight excluding hydrogens is 374 g/mol. The summed E-state index contributed by atoms with van der Waals surface area (Å²) in [6.45, 7) is 4.92. The van der Waals surface area contributed by atoms with Gasteiger partial charge in [0.2, 0.25) is 11.8 Å². The second-order valence-electron chi connectivity index (χ2n) is 7.02. The van der Waals surface area contributed by atoms with Gasteiger partial charge in [0.05, 0.1) is 29.5 Å². The van der Waals surface area contributed by atoms with Crippen molar-refractivity contribution in [1.82, 2.24) is 4.90 Å². The fourth-order valence-corrected chi connectivity index (χ4v) is 5.52. The Labute approximate surface area is 162 Å². The van der Waals surface area contributed by atoms with Crippen LogP contribution in [0.25, 0.3) is 0 Å². The van der Waals surface area contributed by atoms with Crippen molar-refractivity contribution in [2.75, 3.05) is 42.3 Å². The van der Waals surface area contributed by atoms with Crippen LogP contribution in [0.5, 0.6) is 0 Å². The molecule has 4 rings (SSSR count). The highest BCUT2D eigenvalue weighted by atomic mass is 35.5. The standard InChI is InChI=1S/C18H22ClN3O3S/c1-18-5-4-16(23)22(18)15(11-26-18)17(24)20-13-10-12(19)2-3-14(13)21-6-8-25-9-7-21/h2-3,10,15H,4-9,11H2,1H3,(H,20,24)/t15-,18-/m1/s1. The predicted molar refractivity (Wildman–Crippen MR) is 104 cm³/mol. The van der Waals surface area contributed by atoms with E-state index in [2.05, 4.69) is 10.2 Å². The van der Waals surface area contributed by atoms with Crippen molar-refractivity contribution in [3.63, 3.8) is 0 Å². The highest BCUT2D eigenvalue weighted by Crippen LogP contribution is 2.47. The fraction of sp³-hybridized carbons (Fsp3) is 0.556. The van der Waals surface area contributed by atoms with E-state index in [0.717, 1.165) is 25.2 Å². The minimum Gasteiger partial charge on any atom is -0.378 e. The third-order valence-electron chi connectivity index (χ3n) is 5.32. The van der Waals surface area contributed by atoms with Gasteiger partial charge in [-0.1, -0.05) is 11.6 Å². The second kappa shape index (κ2) is 6.94. The Morgan fingerprint density at radius 2 is 2.15 bits per heavy atom. The SMILES string of the molecule is C[C@@]12CCC(=O)N1[C@@H](C(=O)Nc1cc(Cl)ccc1N1CCOCC1)CS2. The van der Waals surface area contributed by atoms with E-state index in [1.54, 1.807) is 22.7 Å². The zero-order valence-corrected chi connectivity index (χ0v) is 16.2. The first-order valence-corrected chi connectivity index (χ1v) is 10.2. The number of hydrogen-bond acceptors (Lipinski definition) is 5. The number of fused-ring (bicyclic) bond motifs is 1. The van der Waals surface area contributed by atoms with Crippen LogP contribution in [0.1, 0.15) is 19.8 Å². The molecule has 2 amide bonds. The second-order valence-corrected chi connectivity index (χ2v) is 8.95. The average Bonchev–Trinajstić information content (AvgIpc) is 3.12. The average molecular weight is 396 g/mol. The van der Waals surface area contributed by atoms with Gasteiger partial charge in [-0.3, -0.25) is 9.59 Å². The summed E-state index contributed by atoms with van der Waals surface area (Å²) in [7, 11) is 0. The molecule has 1 aromatic rings. The van der Waals surface area contributed by atoms with Crippen molar-refractivity contribution in [3.8, 4) is 0 Å². The summed E-state index contributed by atoms with van der Waals surface area (Å²) in [6.07, 6.45) is 1.32. The number of carbonyl (C=O) groups is 2. The van der Waals surface area contributed by atoms with Gasteiger partial charge in [0.15, 0.2) is 0 Å². The summed E-state index contributed by atoms with van der Waals surface area (Å²) < 4.78 is 5.42. The Morgan fingerprint density at radius 3 is 2.92 bits per heavy atom. The first-order chi connectivity index (χ1) is 12.5. The van der Waals surface area contributed by atoms with Crippen LogP contribution in [0.2, 0.25) is 5.02 Å². The maximum Gasteiger partial charge on any atom is 0.248 e. The van der Waals surface area contributed by atoms with Gasteiger partial charge in [0.1, 0.15) is 6.04 Å². The number of amides is 2. The largest absolute Gasteiger partial charge is 0.378 e. The number of nitrogens with zero attached hydrogens (tertiary/aromatic N) is 2. The summed E-state index contributed by atoms with van der Waals surface area (Å²) in [6, 6.07) is 5.10. The van der Waals surface area contributed by atoms with Crippen molar-refractivity contribution >= 4 is 46.6 Å². The molecule has 3 fully saturated rings. The molecule has 1 aromatic carbocycles. The van der Waals surface area contributed by atoms with Crippen molar-refractivity contribution in [3.05, 3.63) is 23.2 Å². The van der Waals surface area contributed by atoms with Gasteiger partial charge >= 0.3 is 0 Å². The lowest BCUT2D eigenvalue weighted by atomic mass is 10.2. The summed E-state index contributed by atoms with van der Waals surface area (Å²) in [5, 5.41) is 3.60. The van der Waals surface area contributed by atoms with Gasteiger partial charge in [-0.25, -0.2) is 0 Å². The number of anilines is 2. The lowest BCUT2D eigenvalue weighted by molar-refractivity contribution is -0.135. The fourth-order valence-electron chi connectivity index (χ4n) is 3.92. The van der Waals surface area contributed by atoms with Gasteiger partial charge in [-0.05, 0) is 31.5 Å². The van der Waals surface area contributed by atoms with Crippen molar-refractivity contribution in [2.45, 2.75) is 30.7 Å². The van der Waals surface area contributed by atoms with Gasteiger partial charge in [-0.2, -0.15) is 0 Å². The van der Waals surface area contributed by atoms with Crippen molar-refractivity contribution in [2.24, 2.45) is 0 Å². The molecule has 8 heteroatoms. The van der Waals surface area contributed by atoms with Crippen LogP contribution >= 0.6 is 23.4 Å². The minimum absolute atomic E-state index is 0.0668. The lowest BCUT2D eigenvalue weighted by Crippen LogP contribution is -2.48. The normalized spacial score (nSPS) is 28.4. The number of benzene rings is 1. The number of rotatable bonds is 3. The van der Waals surface area contributed by atoms with Crippen LogP contribution in [-0.4, -0.2) is 59.7 Å². The van der Waals surface area contributed by atoms with E-state index in [1.807, 2.05) is 19.1 Å². The zero-order valence-electron chi connectivity index (χ0n) is 14.7. The van der Waals surface area contributed by atoms with E-state index >= 15 is 0 Å². The number of carbonyl (C=O) groups excluding carboxylic acids is 2. The van der Waals surface area contributed by atoms with Gasteiger partial charge in [-0.15, -0.1) is 11.8 Å². The quantitative estimate of drug-likeness (QED) is 0.852. The summed E-state index contributed by atoms with van der Waals surface area (Å²) in [5.41, 5.74) is 1.63. The zero-order chi connectivity index (χ0) is 18.3. The van der Waals surface area contributed by atoms with Gasteiger partial charge < -0.3 is 19.9 Å². The molecule has 140 valence electrons. The van der Waals surface area contributed by atoms with E-state index in [4.69, 9.17) is 16.3 Å². The summed E-state index contributed by atoms with van der Waals surface area (Å²) >= 11 is 7.86. The number of hydrogen-bond donors (Lipinski definition) is 1. The third kappa shape index (κ3) is 3.17. The van der Waals surface area contributed by atoms with Crippen LogP contribution < -0.4 is 10.2 Å². The molecule has 0 radical (unpaired) electrons. The molecule has 2 atom stereocenters. The number of nitrogens with one attached hydrogen (secondary N) is 1. The number of halogens is 1. The lowest BCUT2D eigenvalue weighted by Gasteiger charge is -2.32. The van der Waals surface area contributed by atoms with Crippen LogP contribution in [0.3, 0.4) is 0 Å². The molecule has 3 aliphatic rings. The Balaban J connectivity index is 1.56. The molecule has 0 aliphatic carbocycles. The van der Waals surface area contributed by atoms with Gasteiger partial charge in [0.25, 0.3) is 0 Å². The van der Waals surface area contributed by atoms with E-state index < -0.39 is 6.04 Å². The Morgan fingerprint density at radius 1 is 1.38 bits per heavy atom. The number of morpholine rings is 1. The molecule has 3 saturated heterocycles. The maximum atomic E-state index is 13.0. The molecule has 0 spiro atoms. The molecule has 0 saturated carbocycles. The highest BCUT2D eigenvalue weighted by Gasteiger charge is 2.52. The van der Waals surface area contributed by atoms with E-state index in [-0.39, 0.29) is 16.7 Å². The molecule has 3 aliphatic heterocycles. The molecule has 3 heterocycles. The van der Waals surface area contributed by atoms with Crippen molar-refractivity contribution < 1.29 is 14.3 Å². The van der Waals surface area contributed by atoms with Gasteiger partial charge in [0, 0.05) is 30.3 Å². The number of thioether (sulfide) groups is 1. The highest BCUT2D eigenvalue weighted by molar-refractivity contribution is 8.01. The number of ether oxygens (including phenoxy) is 1. The Bertz CT molecular complexity index is 740. The molecule has 1 N–H and O–H groups in total. The first kappa shape index (κ1) is 17.9. The Kier molecular flexibility index (Phi) is 4.79. The van der Waals surface area contributed by atoms with E-state index in [0.29, 0.717) is 36.1 Å². The van der Waals surface area contributed by atoms with Crippen molar-refractivity contribution in [1.29, 1.82) is 0 Å².